The Bertz CT molecular complexity index is 1040. The van der Waals surface area contributed by atoms with E-state index in [1.807, 2.05) is 13.8 Å². The van der Waals surface area contributed by atoms with E-state index in [-0.39, 0.29) is 10.6 Å². The number of nitrogens with zero attached hydrogens (tertiary/aromatic N) is 1. The molecule has 1 heterocycles. The van der Waals surface area contributed by atoms with Crippen molar-refractivity contribution in [1.29, 1.82) is 0 Å². The summed E-state index contributed by atoms with van der Waals surface area (Å²) in [4.78, 5) is 4.04. The van der Waals surface area contributed by atoms with Crippen LogP contribution in [0.3, 0.4) is 0 Å². The van der Waals surface area contributed by atoms with Gasteiger partial charge in [0.2, 0.25) is 5.88 Å². The van der Waals surface area contributed by atoms with E-state index in [0.29, 0.717) is 36.3 Å². The molecule has 1 aromatic heterocycles. The van der Waals surface area contributed by atoms with Crippen LogP contribution >= 0.6 is 0 Å². The minimum absolute atomic E-state index is 0.0294. The number of hydrogen-bond donors (Lipinski definition) is 0. The molecule has 0 aliphatic carbocycles. The Morgan fingerprint density at radius 1 is 0.828 bits per heavy atom. The summed E-state index contributed by atoms with van der Waals surface area (Å²) >= 11 is 0. The van der Waals surface area contributed by atoms with E-state index in [1.165, 1.54) is 24.3 Å². The number of hydrogen-bond acceptors (Lipinski definition) is 7. The number of rotatable bonds is 9. The van der Waals surface area contributed by atoms with Crippen LogP contribution in [0.1, 0.15) is 13.8 Å². The molecule has 29 heavy (non-hydrogen) atoms. The van der Waals surface area contributed by atoms with Gasteiger partial charge in [0, 0.05) is 18.3 Å². The van der Waals surface area contributed by atoms with Crippen molar-refractivity contribution in [3.8, 4) is 28.9 Å². The summed E-state index contributed by atoms with van der Waals surface area (Å²) in [7, 11) is -4.05. The second-order valence-corrected chi connectivity index (χ2v) is 7.30. The Morgan fingerprint density at radius 3 is 2.17 bits per heavy atom. The van der Waals surface area contributed by atoms with Crippen LogP contribution in [0, 0.1) is 0 Å². The second-order valence-electron chi connectivity index (χ2n) is 5.75. The molecular formula is C21H21NO6S. The van der Waals surface area contributed by atoms with Gasteiger partial charge in [-0.2, -0.15) is 8.42 Å². The van der Waals surface area contributed by atoms with Gasteiger partial charge in [-0.3, -0.25) is 0 Å². The minimum atomic E-state index is -4.05. The molecule has 0 unspecified atom stereocenters. The summed E-state index contributed by atoms with van der Waals surface area (Å²) in [6, 6.07) is 15.9. The summed E-state index contributed by atoms with van der Waals surface area (Å²) in [6.07, 6.45) is 1.62. The van der Waals surface area contributed by atoms with Crippen molar-refractivity contribution in [2.24, 2.45) is 0 Å². The van der Waals surface area contributed by atoms with Crippen LogP contribution in [0.15, 0.2) is 71.8 Å². The van der Waals surface area contributed by atoms with Gasteiger partial charge >= 0.3 is 10.1 Å². The van der Waals surface area contributed by atoms with Crippen LogP contribution in [0.5, 0.6) is 28.9 Å². The van der Waals surface area contributed by atoms with Gasteiger partial charge in [-0.15, -0.1) is 0 Å². The molecule has 0 spiro atoms. The predicted octanol–water partition coefficient (Wildman–Crippen LogP) is 4.44. The molecule has 0 N–H and O–H groups in total. The number of aromatic nitrogens is 1. The highest BCUT2D eigenvalue weighted by molar-refractivity contribution is 7.87. The van der Waals surface area contributed by atoms with Gasteiger partial charge in [-0.05, 0) is 56.3 Å². The second kappa shape index (κ2) is 9.29. The average molecular weight is 415 g/mol. The first-order chi connectivity index (χ1) is 14.0. The van der Waals surface area contributed by atoms with Crippen LogP contribution in [0.25, 0.3) is 0 Å². The van der Waals surface area contributed by atoms with E-state index in [0.717, 1.165) is 0 Å². The zero-order chi connectivity index (χ0) is 20.7. The normalized spacial score (nSPS) is 11.0. The van der Waals surface area contributed by atoms with E-state index >= 15 is 0 Å². The standard InChI is InChI=1S/C21H21NO6S/c1-3-25-19-13-12-18(15-20(19)26-4-2)29(23,24)28-17-10-8-16(9-11-17)27-21-7-5-6-14-22-21/h5-15H,3-4H2,1-2H3. The van der Waals surface area contributed by atoms with Crippen molar-refractivity contribution in [2.45, 2.75) is 18.7 Å². The molecule has 0 saturated carbocycles. The molecule has 7 nitrogen and oxygen atoms in total. The van der Waals surface area contributed by atoms with Crippen molar-refractivity contribution in [1.82, 2.24) is 4.98 Å². The first kappa shape index (κ1) is 20.5. The van der Waals surface area contributed by atoms with E-state index in [1.54, 1.807) is 42.6 Å². The lowest BCUT2D eigenvalue weighted by Gasteiger charge is -2.13. The monoisotopic (exact) mass is 415 g/mol. The molecule has 0 atom stereocenters. The summed E-state index contributed by atoms with van der Waals surface area (Å²) in [5.41, 5.74) is 0. The van der Waals surface area contributed by atoms with Crippen molar-refractivity contribution in [3.05, 3.63) is 66.9 Å². The van der Waals surface area contributed by atoms with Crippen LogP contribution < -0.4 is 18.4 Å². The molecule has 0 aliphatic rings. The maximum absolute atomic E-state index is 12.6. The molecule has 3 aromatic rings. The van der Waals surface area contributed by atoms with E-state index < -0.39 is 10.1 Å². The molecule has 0 radical (unpaired) electrons. The fraction of sp³-hybridized carbons (Fsp3) is 0.190. The van der Waals surface area contributed by atoms with Crippen LogP contribution in [0.2, 0.25) is 0 Å². The van der Waals surface area contributed by atoms with E-state index in [9.17, 15) is 8.42 Å². The zero-order valence-corrected chi connectivity index (χ0v) is 16.9. The van der Waals surface area contributed by atoms with Gasteiger partial charge in [0.15, 0.2) is 11.5 Å². The Kier molecular flexibility index (Phi) is 6.56. The number of pyridine rings is 1. The smallest absolute Gasteiger partial charge is 0.339 e. The fourth-order valence-corrected chi connectivity index (χ4v) is 3.40. The largest absolute Gasteiger partial charge is 0.490 e. The van der Waals surface area contributed by atoms with Gasteiger partial charge in [0.25, 0.3) is 0 Å². The summed E-state index contributed by atoms with van der Waals surface area (Å²) in [5.74, 6) is 1.92. The highest BCUT2D eigenvalue weighted by atomic mass is 32.2. The number of ether oxygens (including phenoxy) is 3. The molecule has 8 heteroatoms. The molecule has 0 amide bonds. The third-order valence-electron chi connectivity index (χ3n) is 3.69. The SMILES string of the molecule is CCOc1ccc(S(=O)(=O)Oc2ccc(Oc3ccccn3)cc2)cc1OCC. The van der Waals surface area contributed by atoms with Crippen molar-refractivity contribution in [3.63, 3.8) is 0 Å². The average Bonchev–Trinajstić information content (AvgIpc) is 2.72. The maximum atomic E-state index is 12.6. The van der Waals surface area contributed by atoms with E-state index in [2.05, 4.69) is 4.98 Å². The van der Waals surface area contributed by atoms with Crippen LogP contribution in [-0.4, -0.2) is 26.6 Å². The molecule has 0 saturated heterocycles. The number of benzene rings is 2. The zero-order valence-electron chi connectivity index (χ0n) is 16.1. The van der Waals surface area contributed by atoms with Gasteiger partial charge in [0.1, 0.15) is 16.4 Å². The van der Waals surface area contributed by atoms with Gasteiger partial charge in [-0.25, -0.2) is 4.98 Å². The summed E-state index contributed by atoms with van der Waals surface area (Å²) in [6.45, 7) is 4.46. The molecule has 152 valence electrons. The third kappa shape index (κ3) is 5.39. The Balaban J connectivity index is 1.75. The molecular weight excluding hydrogens is 394 g/mol. The molecule has 0 aliphatic heterocycles. The van der Waals surface area contributed by atoms with Crippen LogP contribution in [-0.2, 0) is 10.1 Å². The summed E-state index contributed by atoms with van der Waals surface area (Å²) < 4.78 is 47.0. The highest BCUT2D eigenvalue weighted by Gasteiger charge is 2.20. The summed E-state index contributed by atoms with van der Waals surface area (Å²) in [5, 5.41) is 0. The molecule has 3 rings (SSSR count). The third-order valence-corrected chi connectivity index (χ3v) is 4.94. The van der Waals surface area contributed by atoms with Crippen molar-refractivity contribution >= 4 is 10.1 Å². The Morgan fingerprint density at radius 2 is 1.52 bits per heavy atom. The molecule has 2 aromatic carbocycles. The first-order valence-electron chi connectivity index (χ1n) is 9.05. The lowest BCUT2D eigenvalue weighted by atomic mass is 10.3. The first-order valence-corrected chi connectivity index (χ1v) is 10.5. The van der Waals surface area contributed by atoms with E-state index in [4.69, 9.17) is 18.4 Å². The highest BCUT2D eigenvalue weighted by Crippen LogP contribution is 2.31. The van der Waals surface area contributed by atoms with Crippen molar-refractivity contribution < 1.29 is 26.8 Å². The van der Waals surface area contributed by atoms with Crippen molar-refractivity contribution in [2.75, 3.05) is 13.2 Å². The maximum Gasteiger partial charge on any atom is 0.339 e. The quantitative estimate of drug-likeness (QED) is 0.478. The molecule has 0 fully saturated rings. The molecule has 0 bridgehead atoms. The van der Waals surface area contributed by atoms with Crippen LogP contribution in [0.4, 0.5) is 0 Å². The van der Waals surface area contributed by atoms with Gasteiger partial charge in [-0.1, -0.05) is 6.07 Å². The fourth-order valence-electron chi connectivity index (χ4n) is 2.45. The Hall–Kier alpha value is -3.26. The van der Waals surface area contributed by atoms with Gasteiger partial charge in [0.05, 0.1) is 13.2 Å². The van der Waals surface area contributed by atoms with Gasteiger partial charge < -0.3 is 18.4 Å². The topological polar surface area (TPSA) is 84.0 Å². The lowest BCUT2D eigenvalue weighted by Crippen LogP contribution is -2.10. The minimum Gasteiger partial charge on any atom is -0.490 e. The lowest BCUT2D eigenvalue weighted by molar-refractivity contribution is 0.287. The Labute approximate surface area is 170 Å². The predicted molar refractivity (Wildman–Crippen MR) is 107 cm³/mol.